The summed E-state index contributed by atoms with van der Waals surface area (Å²) in [5, 5.41) is 8.60. The molecular formula is C20H24N4O3. The molecule has 3 heterocycles. The van der Waals surface area contributed by atoms with Gasteiger partial charge in [0.05, 0.1) is 29.8 Å². The zero-order chi connectivity index (χ0) is 18.5. The Hall–Kier alpha value is -2.41. The van der Waals surface area contributed by atoms with Crippen molar-refractivity contribution in [1.82, 2.24) is 20.0 Å². The number of fused-ring (bicyclic) bond motifs is 2. The molecule has 2 aromatic rings. The summed E-state index contributed by atoms with van der Waals surface area (Å²) in [6.45, 7) is 0.655. The molecule has 1 aliphatic carbocycles. The lowest BCUT2D eigenvalue weighted by Crippen LogP contribution is -2.50. The Balaban J connectivity index is 1.41. The average Bonchev–Trinajstić information content (AvgIpc) is 3.10. The van der Waals surface area contributed by atoms with Crippen LogP contribution in [0.3, 0.4) is 0 Å². The Labute approximate surface area is 157 Å². The Morgan fingerprint density at radius 2 is 2.07 bits per heavy atom. The smallest absolute Gasteiger partial charge is 0.243 e. The van der Waals surface area contributed by atoms with Crippen molar-refractivity contribution in [3.8, 4) is 0 Å². The van der Waals surface area contributed by atoms with Gasteiger partial charge < -0.3 is 15.0 Å². The fourth-order valence-electron chi connectivity index (χ4n) is 4.52. The van der Waals surface area contributed by atoms with E-state index < -0.39 is 6.04 Å². The zero-order valence-corrected chi connectivity index (χ0v) is 15.4. The van der Waals surface area contributed by atoms with Crippen molar-refractivity contribution in [2.45, 2.75) is 56.3 Å². The summed E-state index contributed by atoms with van der Waals surface area (Å²) >= 11 is 0. The van der Waals surface area contributed by atoms with Crippen LogP contribution in [0.25, 0.3) is 10.9 Å². The monoisotopic (exact) mass is 368 g/mol. The van der Waals surface area contributed by atoms with E-state index in [1.165, 1.54) is 0 Å². The van der Waals surface area contributed by atoms with Gasteiger partial charge in [-0.15, -0.1) is 0 Å². The molecule has 3 aliphatic rings. The molecule has 0 spiro atoms. The highest BCUT2D eigenvalue weighted by Crippen LogP contribution is 2.35. The first-order chi connectivity index (χ1) is 13.1. The zero-order valence-electron chi connectivity index (χ0n) is 15.4. The van der Waals surface area contributed by atoms with Gasteiger partial charge in [0.15, 0.2) is 0 Å². The third-order valence-corrected chi connectivity index (χ3v) is 5.99. The largest absolute Gasteiger partial charge is 0.376 e. The number of hydrogen-bond acceptors (Lipinski definition) is 4. The third kappa shape index (κ3) is 2.90. The lowest BCUT2D eigenvalue weighted by atomic mass is 10.1. The number of aromatic nitrogens is 2. The maximum absolute atomic E-state index is 13.3. The van der Waals surface area contributed by atoms with Gasteiger partial charge in [-0.25, -0.2) is 0 Å². The number of para-hydroxylation sites is 1. The average molecular weight is 368 g/mol. The van der Waals surface area contributed by atoms with Crippen molar-refractivity contribution in [1.29, 1.82) is 0 Å². The van der Waals surface area contributed by atoms with E-state index in [0.29, 0.717) is 13.0 Å². The van der Waals surface area contributed by atoms with Crippen LogP contribution in [0.2, 0.25) is 0 Å². The number of carbonyl (C=O) groups excluding carboxylic acids is 2. The summed E-state index contributed by atoms with van der Waals surface area (Å²) in [5.74, 6) is -0.0671. The first-order valence-electron chi connectivity index (χ1n) is 9.75. The Morgan fingerprint density at radius 3 is 2.89 bits per heavy atom. The van der Waals surface area contributed by atoms with Crippen molar-refractivity contribution in [2.75, 3.05) is 6.61 Å². The molecule has 0 radical (unpaired) electrons. The first kappa shape index (κ1) is 16.7. The van der Waals surface area contributed by atoms with Gasteiger partial charge in [0, 0.05) is 31.5 Å². The molecule has 0 unspecified atom stereocenters. The summed E-state index contributed by atoms with van der Waals surface area (Å²) in [6, 6.07) is 7.78. The number of carbonyl (C=O) groups is 2. The molecule has 142 valence electrons. The normalized spacial score (nSPS) is 27.1. The van der Waals surface area contributed by atoms with Gasteiger partial charge >= 0.3 is 0 Å². The van der Waals surface area contributed by atoms with E-state index in [1.54, 1.807) is 9.58 Å². The van der Waals surface area contributed by atoms with Gasteiger partial charge in [-0.2, -0.15) is 5.10 Å². The number of aryl methyl sites for hydroxylation is 1. The van der Waals surface area contributed by atoms with Gasteiger partial charge in [-0.1, -0.05) is 18.2 Å². The molecule has 27 heavy (non-hydrogen) atoms. The predicted octanol–water partition coefficient (Wildman–Crippen LogP) is 1.15. The summed E-state index contributed by atoms with van der Waals surface area (Å²) in [4.78, 5) is 27.8. The molecular weight excluding hydrogens is 344 g/mol. The topological polar surface area (TPSA) is 76.5 Å². The lowest BCUT2D eigenvalue weighted by Gasteiger charge is -2.28. The van der Waals surface area contributed by atoms with E-state index in [9.17, 15) is 9.59 Å². The second kappa shape index (κ2) is 6.34. The molecule has 3 atom stereocenters. The quantitative estimate of drug-likeness (QED) is 0.878. The van der Waals surface area contributed by atoms with Crippen LogP contribution < -0.4 is 5.32 Å². The number of benzene rings is 1. The predicted molar refractivity (Wildman–Crippen MR) is 99.0 cm³/mol. The molecule has 7 heteroatoms. The summed E-state index contributed by atoms with van der Waals surface area (Å²) < 4.78 is 7.60. The molecule has 1 saturated carbocycles. The van der Waals surface area contributed by atoms with Gasteiger partial charge in [-0.3, -0.25) is 14.3 Å². The Kier molecular flexibility index (Phi) is 3.93. The van der Waals surface area contributed by atoms with E-state index in [-0.39, 0.29) is 36.4 Å². The summed E-state index contributed by atoms with van der Waals surface area (Å²) in [7, 11) is 1.89. The van der Waals surface area contributed by atoms with E-state index in [1.807, 2.05) is 31.3 Å². The van der Waals surface area contributed by atoms with Crippen LogP contribution in [-0.2, 0) is 27.8 Å². The van der Waals surface area contributed by atoms with Crippen LogP contribution in [0.4, 0.5) is 0 Å². The molecule has 1 aromatic carbocycles. The number of ether oxygens (including phenoxy) is 1. The van der Waals surface area contributed by atoms with Gasteiger partial charge in [0.1, 0.15) is 6.04 Å². The first-order valence-corrected chi connectivity index (χ1v) is 9.75. The molecule has 1 aromatic heterocycles. The second-order valence-electron chi connectivity index (χ2n) is 7.86. The lowest BCUT2D eigenvalue weighted by molar-refractivity contribution is -0.140. The number of nitrogens with one attached hydrogen (secondary N) is 1. The van der Waals surface area contributed by atoms with Gasteiger partial charge in [0.2, 0.25) is 11.8 Å². The second-order valence-corrected chi connectivity index (χ2v) is 7.86. The minimum atomic E-state index is -0.427. The molecule has 5 rings (SSSR count). The Morgan fingerprint density at radius 1 is 1.26 bits per heavy atom. The molecule has 1 N–H and O–H groups in total. The van der Waals surface area contributed by atoms with Crippen LogP contribution in [0.1, 0.15) is 31.4 Å². The SMILES string of the molecule is Cn1nc(CC(=O)N2[C@H](C(=O)NC3CC3)C[C@@H]3OCC[C@@H]32)c2ccccc21. The number of amides is 2. The molecule has 2 aliphatic heterocycles. The van der Waals surface area contributed by atoms with Crippen LogP contribution in [-0.4, -0.2) is 57.3 Å². The third-order valence-electron chi connectivity index (χ3n) is 5.99. The standard InChI is InChI=1S/C20H24N4O3/c1-23-15-5-3-2-4-13(15)14(22-23)10-19(25)24-16-8-9-27-18(16)11-17(24)20(26)21-12-6-7-12/h2-5,12,16-18H,6-11H2,1H3,(H,21,26)/t16-,17-,18-/m0/s1. The number of rotatable bonds is 4. The van der Waals surface area contributed by atoms with Gasteiger partial charge in [0.25, 0.3) is 0 Å². The van der Waals surface area contributed by atoms with Gasteiger partial charge in [-0.05, 0) is 25.3 Å². The number of hydrogen-bond donors (Lipinski definition) is 1. The van der Waals surface area contributed by atoms with Crippen molar-refractivity contribution in [3.63, 3.8) is 0 Å². The van der Waals surface area contributed by atoms with E-state index >= 15 is 0 Å². The van der Waals surface area contributed by atoms with Crippen molar-refractivity contribution in [2.24, 2.45) is 7.05 Å². The fraction of sp³-hybridized carbons (Fsp3) is 0.550. The molecule has 0 bridgehead atoms. The van der Waals surface area contributed by atoms with E-state index in [4.69, 9.17) is 4.74 Å². The minimum absolute atomic E-state index is 0.00225. The highest BCUT2D eigenvalue weighted by atomic mass is 16.5. The molecule has 2 saturated heterocycles. The van der Waals surface area contributed by atoms with Crippen LogP contribution >= 0.6 is 0 Å². The minimum Gasteiger partial charge on any atom is -0.376 e. The highest BCUT2D eigenvalue weighted by Gasteiger charge is 2.50. The Bertz CT molecular complexity index is 904. The van der Waals surface area contributed by atoms with E-state index in [2.05, 4.69) is 10.4 Å². The summed E-state index contributed by atoms with van der Waals surface area (Å²) in [6.07, 6.45) is 3.65. The van der Waals surface area contributed by atoms with Crippen LogP contribution in [0.15, 0.2) is 24.3 Å². The maximum Gasteiger partial charge on any atom is 0.243 e. The molecule has 3 fully saturated rings. The van der Waals surface area contributed by atoms with Crippen LogP contribution in [0, 0.1) is 0 Å². The van der Waals surface area contributed by atoms with E-state index in [0.717, 1.165) is 35.9 Å². The number of nitrogens with zero attached hydrogens (tertiary/aromatic N) is 3. The highest BCUT2D eigenvalue weighted by molar-refractivity contribution is 5.92. The molecule has 7 nitrogen and oxygen atoms in total. The fourth-order valence-corrected chi connectivity index (χ4v) is 4.52. The summed E-state index contributed by atoms with van der Waals surface area (Å²) in [5.41, 5.74) is 1.77. The maximum atomic E-state index is 13.3. The molecule has 2 amide bonds. The van der Waals surface area contributed by atoms with Crippen LogP contribution in [0.5, 0.6) is 0 Å². The van der Waals surface area contributed by atoms with Crippen molar-refractivity contribution < 1.29 is 14.3 Å². The van der Waals surface area contributed by atoms with Crippen molar-refractivity contribution in [3.05, 3.63) is 30.0 Å². The number of likely N-dealkylation sites (tertiary alicyclic amines) is 1. The van der Waals surface area contributed by atoms with Crippen molar-refractivity contribution >= 4 is 22.7 Å².